The van der Waals surface area contributed by atoms with E-state index in [0.29, 0.717) is 5.69 Å². The first-order valence-electron chi connectivity index (χ1n) is 6.87. The van der Waals surface area contributed by atoms with Crippen LogP contribution in [0.25, 0.3) is 22.4 Å². The summed E-state index contributed by atoms with van der Waals surface area (Å²) in [6.45, 7) is 4.27. The number of imidazole rings is 1. The number of nitrogen functional groups attached to an aromatic ring is 1. The van der Waals surface area contributed by atoms with Gasteiger partial charge in [0.15, 0.2) is 0 Å². The van der Waals surface area contributed by atoms with Crippen molar-refractivity contribution >= 4 is 16.7 Å². The Morgan fingerprint density at radius 3 is 2.67 bits per heavy atom. The molecule has 3 aromatic rings. The van der Waals surface area contributed by atoms with Gasteiger partial charge in [-0.05, 0) is 32.0 Å². The predicted octanol–water partition coefficient (Wildman–Crippen LogP) is 3.27. The van der Waals surface area contributed by atoms with Gasteiger partial charge in [0.25, 0.3) is 0 Å². The summed E-state index contributed by atoms with van der Waals surface area (Å²) in [4.78, 5) is 8.90. The normalized spacial score (nSPS) is 11.2. The number of nitrogens with two attached hydrogens (primary N) is 1. The van der Waals surface area contributed by atoms with Crippen molar-refractivity contribution in [2.75, 3.05) is 12.8 Å². The number of rotatable bonds is 3. The molecule has 0 atom stereocenters. The molecule has 0 spiro atoms. The average molecular weight is 282 g/mol. The van der Waals surface area contributed by atoms with Crippen LogP contribution in [0.1, 0.15) is 19.9 Å². The monoisotopic (exact) mass is 282 g/mol. The standard InChI is InChI=1S/C16H18N4O/c1-10(2)20-15-5-4-13(21-3)7-14(15)19-16(20)11-6-12(17)9-18-8-11/h4-10H,17H2,1-3H3. The zero-order chi connectivity index (χ0) is 15.0. The number of benzene rings is 1. The van der Waals surface area contributed by atoms with Crippen molar-refractivity contribution in [3.63, 3.8) is 0 Å². The Bertz CT molecular complexity index is 792. The molecule has 0 unspecified atom stereocenters. The van der Waals surface area contributed by atoms with Gasteiger partial charge in [-0.2, -0.15) is 0 Å². The zero-order valence-electron chi connectivity index (χ0n) is 12.4. The van der Waals surface area contributed by atoms with Gasteiger partial charge in [0.05, 0.1) is 23.8 Å². The van der Waals surface area contributed by atoms with Gasteiger partial charge in [0, 0.05) is 30.1 Å². The quantitative estimate of drug-likeness (QED) is 0.800. The molecule has 5 heteroatoms. The van der Waals surface area contributed by atoms with E-state index in [1.807, 2.05) is 24.3 Å². The van der Waals surface area contributed by atoms with Crippen LogP contribution in [0.2, 0.25) is 0 Å². The Morgan fingerprint density at radius 2 is 2.00 bits per heavy atom. The van der Waals surface area contributed by atoms with Gasteiger partial charge in [-0.3, -0.25) is 4.98 Å². The van der Waals surface area contributed by atoms with Crippen LogP contribution in [-0.4, -0.2) is 21.6 Å². The van der Waals surface area contributed by atoms with Crippen molar-refractivity contribution in [3.8, 4) is 17.1 Å². The van der Waals surface area contributed by atoms with Crippen LogP contribution in [0.15, 0.2) is 36.7 Å². The number of hydrogen-bond acceptors (Lipinski definition) is 4. The molecule has 0 amide bonds. The van der Waals surface area contributed by atoms with Crippen molar-refractivity contribution in [1.29, 1.82) is 0 Å². The highest BCUT2D eigenvalue weighted by atomic mass is 16.5. The SMILES string of the molecule is COc1ccc2c(c1)nc(-c1cncc(N)c1)n2C(C)C. The van der Waals surface area contributed by atoms with Crippen LogP contribution in [0.4, 0.5) is 5.69 Å². The topological polar surface area (TPSA) is 66.0 Å². The lowest BCUT2D eigenvalue weighted by Gasteiger charge is -2.13. The number of ether oxygens (including phenoxy) is 1. The average Bonchev–Trinajstić information content (AvgIpc) is 2.85. The van der Waals surface area contributed by atoms with E-state index in [1.165, 1.54) is 0 Å². The van der Waals surface area contributed by atoms with Gasteiger partial charge in [0.1, 0.15) is 11.6 Å². The van der Waals surface area contributed by atoms with Crippen molar-refractivity contribution in [3.05, 3.63) is 36.7 Å². The summed E-state index contributed by atoms with van der Waals surface area (Å²) in [7, 11) is 1.66. The van der Waals surface area contributed by atoms with Gasteiger partial charge >= 0.3 is 0 Å². The Hall–Kier alpha value is -2.56. The molecule has 0 saturated heterocycles. The lowest BCUT2D eigenvalue weighted by atomic mass is 10.2. The number of fused-ring (bicyclic) bond motifs is 1. The summed E-state index contributed by atoms with van der Waals surface area (Å²) in [5.74, 6) is 1.67. The van der Waals surface area contributed by atoms with Crippen molar-refractivity contribution in [1.82, 2.24) is 14.5 Å². The summed E-state index contributed by atoms with van der Waals surface area (Å²) in [6.07, 6.45) is 3.42. The Morgan fingerprint density at radius 1 is 1.19 bits per heavy atom. The summed E-state index contributed by atoms with van der Waals surface area (Å²) in [5.41, 5.74) is 9.37. The van der Waals surface area contributed by atoms with E-state index < -0.39 is 0 Å². The molecule has 0 aliphatic carbocycles. The molecule has 1 aromatic carbocycles. The van der Waals surface area contributed by atoms with Crippen LogP contribution in [0, 0.1) is 0 Å². The van der Waals surface area contributed by atoms with Crippen LogP contribution in [0.5, 0.6) is 5.75 Å². The van der Waals surface area contributed by atoms with E-state index in [2.05, 4.69) is 23.4 Å². The van der Waals surface area contributed by atoms with Crippen LogP contribution in [-0.2, 0) is 0 Å². The zero-order valence-corrected chi connectivity index (χ0v) is 12.4. The van der Waals surface area contributed by atoms with Crippen LogP contribution in [0.3, 0.4) is 0 Å². The van der Waals surface area contributed by atoms with Crippen molar-refractivity contribution in [2.24, 2.45) is 0 Å². The van der Waals surface area contributed by atoms with Crippen molar-refractivity contribution in [2.45, 2.75) is 19.9 Å². The first kappa shape index (κ1) is 13.4. The number of pyridine rings is 1. The predicted molar refractivity (Wildman–Crippen MR) is 84.3 cm³/mol. The van der Waals surface area contributed by atoms with Gasteiger partial charge in [0.2, 0.25) is 0 Å². The molecular formula is C16H18N4O. The molecule has 0 saturated carbocycles. The van der Waals surface area contributed by atoms with Crippen molar-refractivity contribution < 1.29 is 4.74 Å². The minimum atomic E-state index is 0.278. The molecule has 2 aromatic heterocycles. The van der Waals surface area contributed by atoms with E-state index in [4.69, 9.17) is 15.5 Å². The Balaban J connectivity index is 2.28. The van der Waals surface area contributed by atoms with E-state index in [-0.39, 0.29) is 6.04 Å². The summed E-state index contributed by atoms with van der Waals surface area (Å²) in [5, 5.41) is 0. The lowest BCUT2D eigenvalue weighted by molar-refractivity contribution is 0.415. The van der Waals surface area contributed by atoms with Gasteiger partial charge in [-0.25, -0.2) is 4.98 Å². The van der Waals surface area contributed by atoms with E-state index >= 15 is 0 Å². The third-order valence-corrected chi connectivity index (χ3v) is 3.43. The molecule has 2 heterocycles. The van der Waals surface area contributed by atoms with E-state index in [9.17, 15) is 0 Å². The van der Waals surface area contributed by atoms with Gasteiger partial charge in [-0.1, -0.05) is 0 Å². The maximum Gasteiger partial charge on any atom is 0.143 e. The summed E-state index contributed by atoms with van der Waals surface area (Å²) < 4.78 is 7.46. The first-order chi connectivity index (χ1) is 10.1. The maximum atomic E-state index is 5.84. The molecule has 3 rings (SSSR count). The molecule has 21 heavy (non-hydrogen) atoms. The smallest absolute Gasteiger partial charge is 0.143 e. The number of aromatic nitrogens is 3. The minimum absolute atomic E-state index is 0.278. The number of methoxy groups -OCH3 is 1. The third-order valence-electron chi connectivity index (χ3n) is 3.43. The van der Waals surface area contributed by atoms with E-state index in [1.54, 1.807) is 19.5 Å². The molecular weight excluding hydrogens is 264 g/mol. The highest BCUT2D eigenvalue weighted by Crippen LogP contribution is 2.30. The molecule has 0 fully saturated rings. The summed E-state index contributed by atoms with van der Waals surface area (Å²) in [6, 6.07) is 8.09. The number of nitrogens with zero attached hydrogens (tertiary/aromatic N) is 3. The van der Waals surface area contributed by atoms with Crippen LogP contribution < -0.4 is 10.5 Å². The second kappa shape index (κ2) is 5.09. The second-order valence-electron chi connectivity index (χ2n) is 5.26. The number of hydrogen-bond donors (Lipinski definition) is 1. The maximum absolute atomic E-state index is 5.84. The van der Waals surface area contributed by atoms with E-state index in [0.717, 1.165) is 28.2 Å². The van der Waals surface area contributed by atoms with Crippen LogP contribution >= 0.6 is 0 Å². The lowest BCUT2D eigenvalue weighted by Crippen LogP contribution is -2.03. The molecule has 0 aliphatic rings. The molecule has 0 radical (unpaired) electrons. The summed E-state index contributed by atoms with van der Waals surface area (Å²) >= 11 is 0. The molecule has 5 nitrogen and oxygen atoms in total. The third kappa shape index (κ3) is 2.31. The fraction of sp³-hybridized carbons (Fsp3) is 0.250. The fourth-order valence-corrected chi connectivity index (χ4v) is 2.51. The second-order valence-corrected chi connectivity index (χ2v) is 5.26. The highest BCUT2D eigenvalue weighted by Gasteiger charge is 2.15. The van der Waals surface area contributed by atoms with Gasteiger partial charge in [-0.15, -0.1) is 0 Å². The molecule has 2 N–H and O–H groups in total. The fourth-order valence-electron chi connectivity index (χ4n) is 2.51. The number of anilines is 1. The molecule has 108 valence electrons. The highest BCUT2D eigenvalue weighted by molar-refractivity contribution is 5.82. The first-order valence-corrected chi connectivity index (χ1v) is 6.87. The molecule has 0 bridgehead atoms. The Labute approximate surface area is 123 Å². The largest absolute Gasteiger partial charge is 0.497 e. The van der Waals surface area contributed by atoms with Gasteiger partial charge < -0.3 is 15.0 Å². The Kier molecular flexibility index (Phi) is 3.25. The minimum Gasteiger partial charge on any atom is -0.497 e. The molecule has 0 aliphatic heterocycles.